The molecule has 41 heavy (non-hydrogen) atoms. The van der Waals surface area contributed by atoms with Crippen molar-refractivity contribution in [3.05, 3.63) is 180 Å². The largest absolute Gasteiger partial charge is 0.166 e. The monoisotopic (exact) mass is 566 g/mol. The molecule has 0 aliphatic carbocycles. The van der Waals surface area contributed by atoms with Gasteiger partial charge in [0.1, 0.15) is 0 Å². The second kappa shape index (κ2) is 12.7. The van der Waals surface area contributed by atoms with E-state index in [0.717, 1.165) is 6.42 Å². The SMILES string of the molecule is Cc1ccc([S+](c2ccc(C)cc2)c2ccc(Cc3cccc([S+](c4ccccc4)c4ccccc4)c3)cc2)cc1. The molecule has 0 nitrogen and oxygen atoms in total. The Morgan fingerprint density at radius 1 is 0.341 bits per heavy atom. The van der Waals surface area contributed by atoms with E-state index in [1.54, 1.807) is 0 Å². The molecule has 0 aliphatic heterocycles. The van der Waals surface area contributed by atoms with Crippen molar-refractivity contribution in [3.63, 3.8) is 0 Å². The molecule has 0 spiro atoms. The van der Waals surface area contributed by atoms with E-state index in [-0.39, 0.29) is 21.8 Å². The van der Waals surface area contributed by atoms with Crippen LogP contribution in [0.3, 0.4) is 0 Å². The molecule has 0 heterocycles. The molecule has 2 heteroatoms. The van der Waals surface area contributed by atoms with Gasteiger partial charge >= 0.3 is 0 Å². The first-order valence-corrected chi connectivity index (χ1v) is 16.5. The molecule has 0 N–H and O–H groups in total. The number of aryl methyl sites for hydroxylation is 2. The zero-order chi connectivity index (χ0) is 28.0. The van der Waals surface area contributed by atoms with Crippen molar-refractivity contribution in [3.8, 4) is 0 Å². The van der Waals surface area contributed by atoms with Crippen LogP contribution in [0.1, 0.15) is 22.3 Å². The Morgan fingerprint density at radius 3 is 1.22 bits per heavy atom. The van der Waals surface area contributed by atoms with Crippen molar-refractivity contribution in [1.29, 1.82) is 0 Å². The van der Waals surface area contributed by atoms with Crippen LogP contribution in [0, 0.1) is 13.8 Å². The quantitative estimate of drug-likeness (QED) is 0.161. The van der Waals surface area contributed by atoms with Crippen LogP contribution in [0.4, 0.5) is 0 Å². The predicted molar refractivity (Wildman–Crippen MR) is 175 cm³/mol. The molecule has 0 unspecified atom stereocenters. The van der Waals surface area contributed by atoms with E-state index in [4.69, 9.17) is 0 Å². The molecule has 0 aliphatic rings. The van der Waals surface area contributed by atoms with E-state index in [0.29, 0.717) is 0 Å². The fraction of sp³-hybridized carbons (Fsp3) is 0.0769. The van der Waals surface area contributed by atoms with Crippen molar-refractivity contribution >= 4 is 21.8 Å². The minimum atomic E-state index is -0.138. The minimum Gasteiger partial charge on any atom is -0.0619 e. The van der Waals surface area contributed by atoms with Crippen molar-refractivity contribution in [2.75, 3.05) is 0 Å². The van der Waals surface area contributed by atoms with E-state index in [1.807, 2.05) is 0 Å². The van der Waals surface area contributed by atoms with Gasteiger partial charge in [-0.15, -0.1) is 0 Å². The highest BCUT2D eigenvalue weighted by atomic mass is 32.2. The highest BCUT2D eigenvalue weighted by Gasteiger charge is 2.30. The van der Waals surface area contributed by atoms with Gasteiger partial charge in [0.2, 0.25) is 0 Å². The van der Waals surface area contributed by atoms with Crippen LogP contribution in [0.2, 0.25) is 0 Å². The summed E-state index contributed by atoms with van der Waals surface area (Å²) >= 11 is 0. The molecule has 0 saturated heterocycles. The summed E-state index contributed by atoms with van der Waals surface area (Å²) in [4.78, 5) is 8.11. The van der Waals surface area contributed by atoms with Gasteiger partial charge in [0, 0.05) is 0 Å². The topological polar surface area (TPSA) is 0 Å². The number of benzene rings is 6. The van der Waals surface area contributed by atoms with Crippen molar-refractivity contribution in [2.45, 2.75) is 49.6 Å². The first-order valence-electron chi connectivity index (χ1n) is 14.0. The fourth-order valence-corrected chi connectivity index (χ4v) is 9.24. The lowest BCUT2D eigenvalue weighted by atomic mass is 10.1. The Bertz CT molecular complexity index is 1600. The summed E-state index contributed by atoms with van der Waals surface area (Å²) in [6.45, 7) is 4.31. The third-order valence-electron chi connectivity index (χ3n) is 7.17. The Labute approximate surface area is 250 Å². The second-order valence-corrected chi connectivity index (χ2v) is 14.4. The summed E-state index contributed by atoms with van der Waals surface area (Å²) in [6.07, 6.45) is 0.914. The van der Waals surface area contributed by atoms with Crippen LogP contribution in [-0.2, 0) is 28.2 Å². The normalized spacial score (nSPS) is 11.2. The fourth-order valence-electron chi connectivity index (χ4n) is 5.04. The minimum absolute atomic E-state index is 0.137. The molecule has 0 atom stereocenters. The highest BCUT2D eigenvalue weighted by molar-refractivity contribution is 7.97. The maximum Gasteiger partial charge on any atom is 0.166 e. The Hall–Kier alpha value is -3.98. The van der Waals surface area contributed by atoms with Gasteiger partial charge in [-0.2, -0.15) is 0 Å². The van der Waals surface area contributed by atoms with Gasteiger partial charge < -0.3 is 0 Å². The zero-order valence-electron chi connectivity index (χ0n) is 23.5. The molecule has 0 aromatic heterocycles. The molecule has 0 fully saturated rings. The molecular weight excluding hydrogens is 533 g/mol. The smallest absolute Gasteiger partial charge is 0.0619 e. The van der Waals surface area contributed by atoms with E-state index in [9.17, 15) is 0 Å². The standard InChI is InChI=1S/C39H34S2/c1-30-16-22-36(23-17-30)40(37-24-18-31(2)19-25-37)38-26-20-32(21-27-38)28-33-10-9-15-39(29-33)41(34-11-5-3-6-12-34)35-13-7-4-8-14-35/h3-27,29H,28H2,1-2H3/q+2. The third-order valence-corrected chi connectivity index (χ3v) is 11.6. The van der Waals surface area contributed by atoms with Crippen LogP contribution >= 0.6 is 0 Å². The average Bonchev–Trinajstić information content (AvgIpc) is 3.01. The van der Waals surface area contributed by atoms with Gasteiger partial charge in [-0.1, -0.05) is 96.1 Å². The Balaban J connectivity index is 1.29. The maximum atomic E-state index is 2.40. The number of hydrogen-bond donors (Lipinski definition) is 0. The van der Waals surface area contributed by atoms with Gasteiger partial charge in [0.25, 0.3) is 0 Å². The van der Waals surface area contributed by atoms with Crippen LogP contribution in [0.5, 0.6) is 0 Å². The second-order valence-electron chi connectivity index (χ2n) is 10.3. The summed E-state index contributed by atoms with van der Waals surface area (Å²) in [6, 6.07) is 58.3. The van der Waals surface area contributed by atoms with E-state index in [2.05, 4.69) is 172 Å². The summed E-state index contributed by atoms with van der Waals surface area (Å²) in [5.74, 6) is 0. The van der Waals surface area contributed by atoms with Crippen LogP contribution in [0.25, 0.3) is 0 Å². The third kappa shape index (κ3) is 6.51. The van der Waals surface area contributed by atoms with Gasteiger partial charge in [-0.3, -0.25) is 0 Å². The van der Waals surface area contributed by atoms with Gasteiger partial charge in [-0.25, -0.2) is 0 Å². The maximum absolute atomic E-state index is 2.40. The van der Waals surface area contributed by atoms with Crippen molar-refractivity contribution < 1.29 is 0 Å². The summed E-state index contributed by atoms with van der Waals surface area (Å²) in [5, 5.41) is 0. The number of hydrogen-bond acceptors (Lipinski definition) is 0. The van der Waals surface area contributed by atoms with E-state index < -0.39 is 0 Å². The molecule has 6 aromatic carbocycles. The molecular formula is C39H34S2+2. The summed E-state index contributed by atoms with van der Waals surface area (Å²) in [5.41, 5.74) is 5.26. The van der Waals surface area contributed by atoms with Crippen LogP contribution in [0.15, 0.2) is 187 Å². The summed E-state index contributed by atoms with van der Waals surface area (Å²) < 4.78 is 0. The van der Waals surface area contributed by atoms with Gasteiger partial charge in [0.05, 0.1) is 21.8 Å². The Kier molecular flexibility index (Phi) is 8.41. The van der Waals surface area contributed by atoms with Crippen LogP contribution in [-0.4, -0.2) is 0 Å². The highest BCUT2D eigenvalue weighted by Crippen LogP contribution is 2.33. The van der Waals surface area contributed by atoms with Gasteiger partial charge in [0.15, 0.2) is 29.4 Å². The predicted octanol–water partition coefficient (Wildman–Crippen LogP) is 10.1. The molecule has 0 radical (unpaired) electrons. The first kappa shape index (κ1) is 27.2. The first-order chi connectivity index (χ1) is 20.1. The molecule has 200 valence electrons. The van der Waals surface area contributed by atoms with Crippen molar-refractivity contribution in [2.24, 2.45) is 0 Å². The number of rotatable bonds is 8. The molecule has 0 amide bonds. The van der Waals surface area contributed by atoms with Gasteiger partial charge in [-0.05, 0) is 104 Å². The zero-order valence-corrected chi connectivity index (χ0v) is 25.2. The van der Waals surface area contributed by atoms with E-state index >= 15 is 0 Å². The lowest BCUT2D eigenvalue weighted by Gasteiger charge is -2.11. The van der Waals surface area contributed by atoms with E-state index in [1.165, 1.54) is 51.6 Å². The van der Waals surface area contributed by atoms with Crippen LogP contribution < -0.4 is 0 Å². The average molecular weight is 567 g/mol. The Morgan fingerprint density at radius 2 is 0.732 bits per heavy atom. The molecule has 6 rings (SSSR count). The van der Waals surface area contributed by atoms with Crippen molar-refractivity contribution in [1.82, 2.24) is 0 Å². The lowest BCUT2D eigenvalue weighted by Crippen LogP contribution is -2.06. The summed E-state index contributed by atoms with van der Waals surface area (Å²) in [7, 11) is -0.275. The molecule has 0 bridgehead atoms. The molecule has 0 saturated carbocycles. The molecule has 6 aromatic rings. The lowest BCUT2D eigenvalue weighted by molar-refractivity contribution is 1.15.